The molecule has 0 fully saturated rings. The van der Waals surface area contributed by atoms with Gasteiger partial charge in [-0.05, 0) is 44.0 Å². The Hall–Kier alpha value is -0.120. The summed E-state index contributed by atoms with van der Waals surface area (Å²) in [5.41, 5.74) is 1.69. The summed E-state index contributed by atoms with van der Waals surface area (Å²) in [6.07, 6.45) is 0. The fourth-order valence-corrected chi connectivity index (χ4v) is 1.77. The average molecular weight is 335 g/mol. The highest BCUT2D eigenvalue weighted by molar-refractivity contribution is 9.25. The number of benzene rings is 1. The van der Waals surface area contributed by atoms with Crippen molar-refractivity contribution in [1.82, 2.24) is 4.98 Å². The molecule has 0 saturated heterocycles. The molecule has 2 aromatic rings. The van der Waals surface area contributed by atoms with Crippen LogP contribution in [-0.2, 0) is 2.69 Å². The highest BCUT2D eigenvalue weighted by Gasteiger charge is 2.22. The predicted octanol–water partition coefficient (Wildman–Crippen LogP) is 4.37. The highest BCUT2D eigenvalue weighted by Crippen LogP contribution is 2.41. The molecular weight excluding hydrogens is 329 g/mol. The van der Waals surface area contributed by atoms with Gasteiger partial charge >= 0.3 is 0 Å². The summed E-state index contributed by atoms with van der Waals surface area (Å²) in [6.45, 7) is 0. The monoisotopic (exact) mass is 333 g/mol. The highest BCUT2D eigenvalue weighted by atomic mass is 79.9. The fraction of sp³-hybridized carbons (Fsp3) is 0.100. The lowest BCUT2D eigenvalue weighted by Crippen LogP contribution is -2.01. The number of para-hydroxylation sites is 1. The molecule has 72 valence electrons. The van der Waals surface area contributed by atoms with E-state index in [1.54, 1.807) is 0 Å². The van der Waals surface area contributed by atoms with Crippen LogP contribution >= 0.6 is 43.5 Å². The van der Waals surface area contributed by atoms with Gasteiger partial charge in [-0.1, -0.05) is 35.9 Å². The molecule has 0 spiro atoms. The van der Waals surface area contributed by atoms with Crippen molar-refractivity contribution in [2.24, 2.45) is 0 Å². The van der Waals surface area contributed by atoms with Gasteiger partial charge in [0, 0.05) is 5.39 Å². The zero-order valence-corrected chi connectivity index (χ0v) is 11.0. The summed E-state index contributed by atoms with van der Waals surface area (Å²) in [7, 11) is 0. The number of pyridine rings is 1. The van der Waals surface area contributed by atoms with Crippen LogP contribution in [0.3, 0.4) is 0 Å². The van der Waals surface area contributed by atoms with Crippen LogP contribution in [0, 0.1) is 0 Å². The fourth-order valence-electron chi connectivity index (χ4n) is 1.22. The Kier molecular flexibility index (Phi) is 2.82. The van der Waals surface area contributed by atoms with Crippen molar-refractivity contribution in [1.29, 1.82) is 0 Å². The molecule has 1 nitrogen and oxygen atoms in total. The second-order valence-corrected chi connectivity index (χ2v) is 7.81. The van der Waals surface area contributed by atoms with Crippen LogP contribution in [0.2, 0.25) is 0 Å². The molecule has 1 aromatic heterocycles. The summed E-state index contributed by atoms with van der Waals surface area (Å²) in [5.74, 6) is 0. The van der Waals surface area contributed by atoms with E-state index in [1.807, 2.05) is 36.4 Å². The lowest BCUT2D eigenvalue weighted by molar-refractivity contribution is 1.17. The number of nitrogens with zero attached hydrogens (tertiary/aromatic N) is 1. The number of aromatic nitrogens is 1. The Balaban J connectivity index is 2.63. The first-order valence-electron chi connectivity index (χ1n) is 4.00. The van der Waals surface area contributed by atoms with Crippen LogP contribution in [0.1, 0.15) is 5.69 Å². The number of hydrogen-bond donors (Lipinski definition) is 0. The van der Waals surface area contributed by atoms with Crippen molar-refractivity contribution < 1.29 is 0 Å². The van der Waals surface area contributed by atoms with E-state index < -0.39 is 2.69 Å². The maximum atomic E-state index is 6.03. The Labute approximate surface area is 104 Å². The molecule has 1 aromatic carbocycles. The van der Waals surface area contributed by atoms with Gasteiger partial charge in [0.15, 0.2) is 2.69 Å². The Morgan fingerprint density at radius 3 is 2.50 bits per heavy atom. The van der Waals surface area contributed by atoms with Crippen molar-refractivity contribution in [3.05, 3.63) is 42.1 Å². The molecule has 0 amide bonds. The molecule has 0 bridgehead atoms. The molecule has 0 unspecified atom stereocenters. The molecule has 0 aliphatic rings. The number of alkyl halides is 3. The number of fused-ring (bicyclic) bond motifs is 1. The van der Waals surface area contributed by atoms with Gasteiger partial charge < -0.3 is 0 Å². The van der Waals surface area contributed by atoms with E-state index in [4.69, 9.17) is 11.6 Å². The molecule has 4 heteroatoms. The van der Waals surface area contributed by atoms with Gasteiger partial charge in [-0.15, -0.1) is 0 Å². The van der Waals surface area contributed by atoms with E-state index >= 15 is 0 Å². The molecule has 0 saturated carbocycles. The van der Waals surface area contributed by atoms with Gasteiger partial charge in [0.05, 0.1) is 11.2 Å². The third-order valence-electron chi connectivity index (χ3n) is 1.89. The third kappa shape index (κ3) is 2.10. The Bertz CT molecular complexity index is 465. The maximum absolute atomic E-state index is 6.03. The summed E-state index contributed by atoms with van der Waals surface area (Å²) in [4.78, 5) is 4.42. The number of hydrogen-bond acceptors (Lipinski definition) is 1. The van der Waals surface area contributed by atoms with E-state index in [2.05, 4.69) is 36.8 Å². The SMILES string of the molecule is ClC(Br)(Br)c1ccc2ccccc2n1. The second-order valence-electron chi connectivity index (χ2n) is 2.89. The van der Waals surface area contributed by atoms with Crippen molar-refractivity contribution in [3.8, 4) is 0 Å². The summed E-state index contributed by atoms with van der Waals surface area (Å²) in [6, 6.07) is 11.8. The van der Waals surface area contributed by atoms with Crippen LogP contribution in [0.25, 0.3) is 10.9 Å². The van der Waals surface area contributed by atoms with Crippen LogP contribution < -0.4 is 0 Å². The molecule has 0 radical (unpaired) electrons. The van der Waals surface area contributed by atoms with E-state index in [0.29, 0.717) is 0 Å². The number of halogens is 3. The van der Waals surface area contributed by atoms with Crippen molar-refractivity contribution >= 4 is 54.4 Å². The van der Waals surface area contributed by atoms with Gasteiger partial charge in [0.2, 0.25) is 0 Å². The van der Waals surface area contributed by atoms with Crippen molar-refractivity contribution in [2.45, 2.75) is 2.69 Å². The first-order chi connectivity index (χ1) is 6.57. The minimum atomic E-state index is -0.774. The smallest absolute Gasteiger partial charge is 0.195 e. The molecule has 0 atom stereocenters. The van der Waals surface area contributed by atoms with E-state index in [9.17, 15) is 0 Å². The zero-order valence-electron chi connectivity index (χ0n) is 7.05. The quantitative estimate of drug-likeness (QED) is 0.705. The number of rotatable bonds is 1. The van der Waals surface area contributed by atoms with E-state index in [1.165, 1.54) is 0 Å². The Morgan fingerprint density at radius 1 is 1.07 bits per heavy atom. The van der Waals surface area contributed by atoms with Gasteiger partial charge in [-0.25, -0.2) is 4.98 Å². The zero-order chi connectivity index (χ0) is 10.2. The third-order valence-corrected chi connectivity index (χ3v) is 2.89. The van der Waals surface area contributed by atoms with Gasteiger partial charge in [-0.3, -0.25) is 0 Å². The molecule has 0 N–H and O–H groups in total. The molecule has 1 heterocycles. The largest absolute Gasteiger partial charge is 0.249 e. The minimum Gasteiger partial charge on any atom is -0.249 e. The van der Waals surface area contributed by atoms with Crippen LogP contribution in [0.15, 0.2) is 36.4 Å². The van der Waals surface area contributed by atoms with Crippen LogP contribution in [0.4, 0.5) is 0 Å². The molecule has 0 aliphatic heterocycles. The molecular formula is C10H6Br2ClN. The normalized spacial score (nSPS) is 11.9. The van der Waals surface area contributed by atoms with Gasteiger partial charge in [0.25, 0.3) is 0 Å². The first-order valence-corrected chi connectivity index (χ1v) is 5.97. The maximum Gasteiger partial charge on any atom is 0.195 e. The summed E-state index contributed by atoms with van der Waals surface area (Å²) < 4.78 is -0.774. The van der Waals surface area contributed by atoms with E-state index in [0.717, 1.165) is 16.6 Å². The van der Waals surface area contributed by atoms with Crippen LogP contribution in [0.5, 0.6) is 0 Å². The predicted molar refractivity (Wildman–Crippen MR) is 67.1 cm³/mol. The summed E-state index contributed by atoms with van der Waals surface area (Å²) >= 11 is 12.6. The second kappa shape index (κ2) is 3.80. The van der Waals surface area contributed by atoms with Gasteiger partial charge in [0.1, 0.15) is 0 Å². The van der Waals surface area contributed by atoms with Crippen molar-refractivity contribution in [2.75, 3.05) is 0 Å². The van der Waals surface area contributed by atoms with Crippen LogP contribution in [-0.4, -0.2) is 4.98 Å². The first kappa shape index (κ1) is 10.4. The van der Waals surface area contributed by atoms with E-state index in [-0.39, 0.29) is 0 Å². The molecule has 14 heavy (non-hydrogen) atoms. The lowest BCUT2D eigenvalue weighted by Gasteiger charge is -2.11. The van der Waals surface area contributed by atoms with Crippen molar-refractivity contribution in [3.63, 3.8) is 0 Å². The average Bonchev–Trinajstić information content (AvgIpc) is 2.16. The molecule has 0 aliphatic carbocycles. The minimum absolute atomic E-state index is 0.748. The van der Waals surface area contributed by atoms with Gasteiger partial charge in [-0.2, -0.15) is 0 Å². The topological polar surface area (TPSA) is 12.9 Å². The summed E-state index contributed by atoms with van der Waals surface area (Å²) in [5, 5.41) is 1.11. The lowest BCUT2D eigenvalue weighted by atomic mass is 10.2. The standard InChI is InChI=1S/C10H6Br2ClN/c11-10(12,13)9-6-5-7-3-1-2-4-8(7)14-9/h1-6H. The molecule has 2 rings (SSSR count). The Morgan fingerprint density at radius 2 is 1.79 bits per heavy atom.